The van der Waals surface area contributed by atoms with E-state index < -0.39 is 23.8 Å². The van der Waals surface area contributed by atoms with Gasteiger partial charge in [-0.1, -0.05) is 66.7 Å². The van der Waals surface area contributed by atoms with Crippen molar-refractivity contribution in [2.24, 2.45) is 11.8 Å². The quantitative estimate of drug-likeness (QED) is 0.648. The highest BCUT2D eigenvalue weighted by molar-refractivity contribution is 5.81. The fraction of sp³-hybridized carbons (Fsp3) is 0.636. The molecule has 2 unspecified atom stereocenters. The fourth-order valence-electron chi connectivity index (χ4n) is 3.58. The molecule has 1 rings (SSSR count). The van der Waals surface area contributed by atoms with Gasteiger partial charge in [0.1, 0.15) is 0 Å². The van der Waals surface area contributed by atoms with E-state index in [2.05, 4.69) is 0 Å². The Bertz CT molecular complexity index is 638. The molecule has 146 valence electrons. The average Bonchev–Trinajstić information content (AvgIpc) is 2.48. The summed E-state index contributed by atoms with van der Waals surface area (Å²) in [6, 6.07) is 5.62. The normalized spacial score (nSPS) is 14.5. The minimum Gasteiger partial charge on any atom is -0.481 e. The lowest BCUT2D eigenvalue weighted by Crippen LogP contribution is -2.26. The van der Waals surface area contributed by atoms with Gasteiger partial charge < -0.3 is 10.2 Å². The van der Waals surface area contributed by atoms with Crippen LogP contribution in [0.1, 0.15) is 89.8 Å². The van der Waals surface area contributed by atoms with Crippen LogP contribution in [-0.4, -0.2) is 22.2 Å². The van der Waals surface area contributed by atoms with E-state index in [1.807, 2.05) is 66.7 Å². The number of carboxylic acids is 2. The van der Waals surface area contributed by atoms with E-state index in [0.717, 1.165) is 5.56 Å². The molecule has 1 aromatic rings. The molecule has 0 aliphatic heterocycles. The molecule has 0 amide bonds. The van der Waals surface area contributed by atoms with Crippen molar-refractivity contribution in [2.75, 3.05) is 0 Å². The number of benzene rings is 1. The van der Waals surface area contributed by atoms with Crippen LogP contribution in [0.4, 0.5) is 0 Å². The van der Waals surface area contributed by atoms with E-state index in [1.165, 1.54) is 0 Å². The van der Waals surface area contributed by atoms with E-state index >= 15 is 0 Å². The predicted octanol–water partition coefficient (Wildman–Crippen LogP) is 5.41. The highest BCUT2D eigenvalue weighted by Gasteiger charge is 2.34. The monoisotopic (exact) mass is 362 g/mol. The summed E-state index contributed by atoms with van der Waals surface area (Å²) in [6.45, 7) is 14.1. The van der Waals surface area contributed by atoms with Gasteiger partial charge in [0.2, 0.25) is 0 Å². The molecule has 0 heterocycles. The van der Waals surface area contributed by atoms with Gasteiger partial charge in [0.25, 0.3) is 0 Å². The summed E-state index contributed by atoms with van der Waals surface area (Å²) in [5, 5.41) is 19.8. The van der Waals surface area contributed by atoms with Crippen molar-refractivity contribution in [3.63, 3.8) is 0 Å². The topological polar surface area (TPSA) is 74.6 Å². The van der Waals surface area contributed by atoms with E-state index in [4.69, 9.17) is 0 Å². The van der Waals surface area contributed by atoms with Crippen molar-refractivity contribution in [1.29, 1.82) is 0 Å². The van der Waals surface area contributed by atoms with Crippen LogP contribution in [0.2, 0.25) is 0 Å². The van der Waals surface area contributed by atoms with Gasteiger partial charge in [0.15, 0.2) is 0 Å². The minimum atomic E-state index is -0.889. The number of aliphatic carboxylic acids is 2. The Kier molecular flexibility index (Phi) is 7.43. The maximum atomic E-state index is 12.1. The zero-order valence-corrected chi connectivity index (χ0v) is 17.2. The van der Waals surface area contributed by atoms with Crippen molar-refractivity contribution in [3.8, 4) is 0 Å². The van der Waals surface area contributed by atoms with Crippen LogP contribution in [0.25, 0.3) is 0 Å². The molecule has 2 atom stereocenters. The maximum absolute atomic E-state index is 12.1. The zero-order chi connectivity index (χ0) is 20.2. The highest BCUT2D eigenvalue weighted by atomic mass is 16.4. The molecule has 1 aromatic carbocycles. The van der Waals surface area contributed by atoms with E-state index in [1.54, 1.807) is 0 Å². The highest BCUT2D eigenvalue weighted by Crippen LogP contribution is 2.40. The molecule has 0 fully saturated rings. The lowest BCUT2D eigenvalue weighted by molar-refractivity contribution is -0.140. The van der Waals surface area contributed by atoms with Crippen molar-refractivity contribution < 1.29 is 19.8 Å². The third kappa shape index (κ3) is 5.58. The van der Waals surface area contributed by atoms with Crippen LogP contribution < -0.4 is 0 Å². The molecule has 0 aliphatic rings. The smallest absolute Gasteiger partial charge is 0.311 e. The van der Waals surface area contributed by atoms with Gasteiger partial charge in [-0.25, -0.2) is 0 Å². The number of hydrogen-bond donors (Lipinski definition) is 2. The lowest BCUT2D eigenvalue weighted by atomic mass is 9.73. The van der Waals surface area contributed by atoms with Crippen LogP contribution in [-0.2, 0) is 15.0 Å². The SMILES string of the molecule is CC(C)CC(C(=O)O)c1cccc(C(C)(C)C)c1C(CC(C)C)C(=O)O. The van der Waals surface area contributed by atoms with E-state index in [9.17, 15) is 19.8 Å². The van der Waals surface area contributed by atoms with Crippen molar-refractivity contribution in [1.82, 2.24) is 0 Å². The Morgan fingerprint density at radius 3 is 1.73 bits per heavy atom. The van der Waals surface area contributed by atoms with Gasteiger partial charge in [-0.2, -0.15) is 0 Å². The van der Waals surface area contributed by atoms with Gasteiger partial charge in [0, 0.05) is 0 Å². The van der Waals surface area contributed by atoms with Gasteiger partial charge >= 0.3 is 11.9 Å². The second-order valence-corrected chi connectivity index (χ2v) is 9.10. The summed E-state index contributed by atoms with van der Waals surface area (Å²) in [4.78, 5) is 24.1. The molecular formula is C22H34O4. The molecule has 0 spiro atoms. The van der Waals surface area contributed by atoms with Crippen LogP contribution in [0, 0.1) is 11.8 Å². The lowest BCUT2D eigenvalue weighted by Gasteiger charge is -2.31. The molecule has 0 saturated heterocycles. The summed E-state index contributed by atoms with van der Waals surface area (Å²) in [7, 11) is 0. The zero-order valence-electron chi connectivity index (χ0n) is 17.2. The van der Waals surface area contributed by atoms with E-state index in [0.29, 0.717) is 24.0 Å². The first-order chi connectivity index (χ1) is 11.9. The molecule has 0 aromatic heterocycles. The summed E-state index contributed by atoms with van der Waals surface area (Å²) in [6.07, 6.45) is 0.980. The minimum absolute atomic E-state index is 0.199. The largest absolute Gasteiger partial charge is 0.481 e. The number of hydrogen-bond acceptors (Lipinski definition) is 2. The van der Waals surface area contributed by atoms with Crippen LogP contribution in [0.15, 0.2) is 18.2 Å². The second-order valence-electron chi connectivity index (χ2n) is 9.10. The predicted molar refractivity (Wildman–Crippen MR) is 105 cm³/mol. The number of rotatable bonds is 8. The molecule has 0 radical (unpaired) electrons. The number of carboxylic acid groups (broad SMARTS) is 2. The van der Waals surface area contributed by atoms with E-state index in [-0.39, 0.29) is 17.3 Å². The summed E-state index contributed by atoms with van der Waals surface area (Å²) in [5.41, 5.74) is 2.02. The summed E-state index contributed by atoms with van der Waals surface area (Å²) in [5.74, 6) is -2.76. The first-order valence-electron chi connectivity index (χ1n) is 9.45. The van der Waals surface area contributed by atoms with Crippen LogP contribution in [0.3, 0.4) is 0 Å². The van der Waals surface area contributed by atoms with Crippen molar-refractivity contribution >= 4 is 11.9 Å². The molecular weight excluding hydrogens is 328 g/mol. The molecule has 0 aliphatic carbocycles. The molecule has 0 bridgehead atoms. The standard InChI is InChI=1S/C22H34O4/c1-13(2)11-16(20(23)24)15-9-8-10-18(22(5,6)7)19(15)17(21(25)26)12-14(3)4/h8-10,13-14,16-17H,11-12H2,1-7H3,(H,23,24)(H,25,26). The third-order valence-corrected chi connectivity index (χ3v) is 4.68. The maximum Gasteiger partial charge on any atom is 0.311 e. The van der Waals surface area contributed by atoms with Gasteiger partial charge in [-0.3, -0.25) is 9.59 Å². The summed E-state index contributed by atoms with van der Waals surface area (Å²) < 4.78 is 0. The summed E-state index contributed by atoms with van der Waals surface area (Å²) >= 11 is 0. The first kappa shape index (κ1) is 22.2. The van der Waals surface area contributed by atoms with Gasteiger partial charge in [0.05, 0.1) is 11.8 Å². The third-order valence-electron chi connectivity index (χ3n) is 4.68. The Balaban J connectivity index is 3.74. The molecule has 0 saturated carbocycles. The number of carbonyl (C=O) groups is 2. The van der Waals surface area contributed by atoms with Gasteiger partial charge in [-0.15, -0.1) is 0 Å². The van der Waals surface area contributed by atoms with Crippen LogP contribution in [0.5, 0.6) is 0 Å². The van der Waals surface area contributed by atoms with Crippen LogP contribution >= 0.6 is 0 Å². The first-order valence-corrected chi connectivity index (χ1v) is 9.45. The Morgan fingerprint density at radius 2 is 1.35 bits per heavy atom. The van der Waals surface area contributed by atoms with Crippen molar-refractivity contribution in [2.45, 2.75) is 78.6 Å². The second kappa shape index (κ2) is 8.70. The molecule has 26 heavy (non-hydrogen) atoms. The molecule has 4 nitrogen and oxygen atoms in total. The Labute approximate surface area is 157 Å². The molecule has 4 heteroatoms. The molecule has 2 N–H and O–H groups in total. The van der Waals surface area contributed by atoms with Gasteiger partial charge in [-0.05, 0) is 46.8 Å². The Hall–Kier alpha value is -1.84. The average molecular weight is 363 g/mol. The van der Waals surface area contributed by atoms with Crippen molar-refractivity contribution in [3.05, 3.63) is 34.9 Å². The fourth-order valence-corrected chi connectivity index (χ4v) is 3.58. The Morgan fingerprint density at radius 1 is 0.885 bits per heavy atom.